The molecule has 1 amide bonds. The zero-order valence-electron chi connectivity index (χ0n) is 12.3. The Balaban J connectivity index is 1.85. The number of hydrogen-bond donors (Lipinski definition) is 2. The average Bonchev–Trinajstić information content (AvgIpc) is 3.37. The highest BCUT2D eigenvalue weighted by atomic mass is 19.4. The zero-order chi connectivity index (χ0) is 17.3. The average molecular weight is 338 g/mol. The summed E-state index contributed by atoms with van der Waals surface area (Å²) in [5.41, 5.74) is -1.44. The van der Waals surface area contributed by atoms with Gasteiger partial charge in [-0.2, -0.15) is 13.2 Å². The van der Waals surface area contributed by atoms with Crippen molar-refractivity contribution in [2.24, 2.45) is 0 Å². The summed E-state index contributed by atoms with van der Waals surface area (Å²) in [4.78, 5) is 34.1. The Kier molecular flexibility index (Phi) is 4.08. The lowest BCUT2D eigenvalue weighted by Gasteiger charge is -2.21. The Morgan fingerprint density at radius 1 is 1.33 bits per heavy atom. The molecular formula is C15H13F3N4O2. The van der Waals surface area contributed by atoms with Crippen LogP contribution in [0.1, 0.15) is 46.5 Å². The summed E-state index contributed by atoms with van der Waals surface area (Å²) in [6.45, 7) is 0. The molecule has 0 aromatic carbocycles. The minimum Gasteiger partial charge on any atom is -0.336 e. The van der Waals surface area contributed by atoms with Gasteiger partial charge in [0.05, 0.1) is 0 Å². The van der Waals surface area contributed by atoms with Crippen molar-refractivity contribution in [1.29, 1.82) is 0 Å². The van der Waals surface area contributed by atoms with E-state index in [-0.39, 0.29) is 11.5 Å². The van der Waals surface area contributed by atoms with Crippen LogP contribution >= 0.6 is 0 Å². The number of hydrogen-bond acceptors (Lipinski definition) is 4. The van der Waals surface area contributed by atoms with Gasteiger partial charge in [0.25, 0.3) is 11.5 Å². The van der Waals surface area contributed by atoms with Crippen LogP contribution in [0, 0.1) is 0 Å². The zero-order valence-corrected chi connectivity index (χ0v) is 12.3. The largest absolute Gasteiger partial charge is 0.412 e. The Hall–Kier alpha value is -2.71. The fourth-order valence-electron chi connectivity index (χ4n) is 2.24. The van der Waals surface area contributed by atoms with Crippen molar-refractivity contribution in [3.8, 4) is 0 Å². The molecule has 2 aromatic rings. The van der Waals surface area contributed by atoms with Crippen LogP contribution in [0.2, 0.25) is 0 Å². The van der Waals surface area contributed by atoms with Crippen LogP contribution in [0.25, 0.3) is 0 Å². The van der Waals surface area contributed by atoms with Crippen molar-refractivity contribution in [2.45, 2.75) is 31.0 Å². The normalized spacial score (nSPS) is 15.8. The van der Waals surface area contributed by atoms with Crippen molar-refractivity contribution < 1.29 is 18.0 Å². The Bertz CT molecular complexity index is 800. The molecule has 6 nitrogen and oxygen atoms in total. The van der Waals surface area contributed by atoms with E-state index in [1.165, 1.54) is 18.3 Å². The summed E-state index contributed by atoms with van der Waals surface area (Å²) in [5, 5.41) is 1.83. The third-order valence-corrected chi connectivity index (χ3v) is 3.65. The molecule has 9 heteroatoms. The van der Waals surface area contributed by atoms with Gasteiger partial charge in [0.2, 0.25) is 0 Å². The van der Waals surface area contributed by atoms with Gasteiger partial charge in [-0.25, -0.2) is 4.98 Å². The molecule has 126 valence electrons. The Labute approximate surface area is 134 Å². The maximum Gasteiger partial charge on any atom is 0.412 e. The number of halogens is 3. The summed E-state index contributed by atoms with van der Waals surface area (Å²) in [7, 11) is 0. The number of carbonyl (C=O) groups is 1. The van der Waals surface area contributed by atoms with E-state index in [0.29, 0.717) is 5.82 Å². The standard InChI is InChI=1S/C15H13F3N4O2/c16-15(17,18)11(9-2-1-5-19-6-9)21-13(23)10-7-20-12(8-3-4-8)22-14(10)24/h1-2,5-8,11H,3-4H2,(H,21,23)(H,20,22,24)/t11-/m0/s1. The highest BCUT2D eigenvalue weighted by molar-refractivity contribution is 5.93. The molecule has 0 radical (unpaired) electrons. The lowest BCUT2D eigenvalue weighted by Crippen LogP contribution is -2.40. The smallest absolute Gasteiger partial charge is 0.336 e. The number of aromatic amines is 1. The van der Waals surface area contributed by atoms with Crippen LogP contribution < -0.4 is 10.9 Å². The highest BCUT2D eigenvalue weighted by Crippen LogP contribution is 2.37. The first-order valence-electron chi connectivity index (χ1n) is 7.23. The Morgan fingerprint density at radius 3 is 2.62 bits per heavy atom. The number of aromatic nitrogens is 3. The molecule has 2 heterocycles. The summed E-state index contributed by atoms with van der Waals surface area (Å²) in [6.07, 6.45) is 0.406. The van der Waals surface area contributed by atoms with E-state index in [9.17, 15) is 22.8 Å². The molecule has 2 N–H and O–H groups in total. The lowest BCUT2D eigenvalue weighted by atomic mass is 10.1. The van der Waals surface area contributed by atoms with Crippen molar-refractivity contribution in [3.05, 3.63) is 58.0 Å². The molecule has 0 unspecified atom stereocenters. The number of rotatable bonds is 4. The van der Waals surface area contributed by atoms with E-state index in [1.807, 2.05) is 5.32 Å². The van der Waals surface area contributed by atoms with Gasteiger partial charge in [0.15, 0.2) is 6.04 Å². The number of amides is 1. The van der Waals surface area contributed by atoms with E-state index < -0.39 is 29.2 Å². The predicted octanol–water partition coefficient (Wildman–Crippen LogP) is 2.08. The number of pyridine rings is 1. The molecular weight excluding hydrogens is 325 g/mol. The third kappa shape index (κ3) is 3.44. The molecule has 1 aliphatic carbocycles. The minimum absolute atomic E-state index is 0.160. The molecule has 0 bridgehead atoms. The van der Waals surface area contributed by atoms with E-state index in [2.05, 4.69) is 15.0 Å². The van der Waals surface area contributed by atoms with Gasteiger partial charge in [-0.1, -0.05) is 6.07 Å². The summed E-state index contributed by atoms with van der Waals surface area (Å²) >= 11 is 0. The van der Waals surface area contributed by atoms with Gasteiger partial charge in [-0.15, -0.1) is 0 Å². The number of carbonyl (C=O) groups excluding carboxylic acids is 1. The van der Waals surface area contributed by atoms with Gasteiger partial charge < -0.3 is 10.3 Å². The van der Waals surface area contributed by atoms with Gasteiger partial charge in [-0.05, 0) is 18.9 Å². The Morgan fingerprint density at radius 2 is 2.08 bits per heavy atom. The summed E-state index contributed by atoms with van der Waals surface area (Å²) in [6, 6.07) is 0.268. The van der Waals surface area contributed by atoms with Crippen LogP contribution in [0.4, 0.5) is 13.2 Å². The highest BCUT2D eigenvalue weighted by Gasteiger charge is 2.42. The molecule has 0 saturated heterocycles. The fraction of sp³-hybridized carbons (Fsp3) is 0.333. The molecule has 0 spiro atoms. The lowest BCUT2D eigenvalue weighted by molar-refractivity contribution is -0.155. The van der Waals surface area contributed by atoms with Gasteiger partial charge in [-0.3, -0.25) is 14.6 Å². The van der Waals surface area contributed by atoms with Crippen LogP contribution in [-0.2, 0) is 0 Å². The minimum atomic E-state index is -4.73. The van der Waals surface area contributed by atoms with Crippen LogP contribution in [0.15, 0.2) is 35.5 Å². The van der Waals surface area contributed by atoms with E-state index in [4.69, 9.17) is 0 Å². The number of alkyl halides is 3. The molecule has 0 aliphatic heterocycles. The number of nitrogens with zero attached hydrogens (tertiary/aromatic N) is 2. The topological polar surface area (TPSA) is 87.7 Å². The van der Waals surface area contributed by atoms with Crippen LogP contribution in [0.5, 0.6) is 0 Å². The molecule has 1 saturated carbocycles. The summed E-state index contributed by atoms with van der Waals surface area (Å²) in [5.74, 6) is -0.526. The van der Waals surface area contributed by atoms with Crippen molar-refractivity contribution >= 4 is 5.91 Å². The molecule has 1 aliphatic rings. The van der Waals surface area contributed by atoms with Crippen molar-refractivity contribution in [3.63, 3.8) is 0 Å². The molecule has 2 aromatic heterocycles. The molecule has 1 fully saturated rings. The second-order valence-corrected chi connectivity index (χ2v) is 5.52. The first-order valence-corrected chi connectivity index (χ1v) is 7.23. The third-order valence-electron chi connectivity index (χ3n) is 3.65. The van der Waals surface area contributed by atoms with E-state index in [1.54, 1.807) is 0 Å². The van der Waals surface area contributed by atoms with Crippen molar-refractivity contribution in [2.75, 3.05) is 0 Å². The molecule has 1 atom stereocenters. The van der Waals surface area contributed by atoms with Crippen LogP contribution in [-0.4, -0.2) is 27.0 Å². The van der Waals surface area contributed by atoms with Crippen molar-refractivity contribution in [1.82, 2.24) is 20.3 Å². The quantitative estimate of drug-likeness (QED) is 0.893. The maximum atomic E-state index is 13.2. The first-order chi connectivity index (χ1) is 11.4. The van der Waals surface area contributed by atoms with Crippen LogP contribution in [0.3, 0.4) is 0 Å². The number of H-pyrrole nitrogens is 1. The first kappa shape index (κ1) is 16.2. The predicted molar refractivity (Wildman–Crippen MR) is 77.3 cm³/mol. The molecule has 3 rings (SSSR count). The second kappa shape index (κ2) is 6.06. The SMILES string of the molecule is O=C(N[C@@H](c1cccnc1)C(F)(F)F)c1cnc(C2CC2)[nH]c1=O. The monoisotopic (exact) mass is 338 g/mol. The second-order valence-electron chi connectivity index (χ2n) is 5.52. The van der Waals surface area contributed by atoms with Gasteiger partial charge >= 0.3 is 6.18 Å². The maximum absolute atomic E-state index is 13.2. The van der Waals surface area contributed by atoms with Gasteiger partial charge in [0, 0.05) is 30.1 Å². The molecule has 24 heavy (non-hydrogen) atoms. The summed E-state index contributed by atoms with van der Waals surface area (Å²) < 4.78 is 39.6. The van der Waals surface area contributed by atoms with Gasteiger partial charge in [0.1, 0.15) is 11.4 Å². The number of nitrogens with one attached hydrogen (secondary N) is 2. The van der Waals surface area contributed by atoms with E-state index >= 15 is 0 Å². The fourth-order valence-corrected chi connectivity index (χ4v) is 2.24. The van der Waals surface area contributed by atoms with E-state index in [0.717, 1.165) is 25.2 Å².